The Bertz CT molecular complexity index is 537. The summed E-state index contributed by atoms with van der Waals surface area (Å²) in [5.74, 6) is -0.718. The van der Waals surface area contributed by atoms with Gasteiger partial charge in [-0.25, -0.2) is 0 Å². The molecule has 1 aliphatic carbocycles. The van der Waals surface area contributed by atoms with Crippen LogP contribution < -0.4 is 5.32 Å². The number of hydrogen-bond acceptors (Lipinski definition) is 4. The van der Waals surface area contributed by atoms with Crippen molar-refractivity contribution in [3.8, 4) is 0 Å². The second kappa shape index (κ2) is 8.79. The van der Waals surface area contributed by atoms with Gasteiger partial charge in [-0.05, 0) is 50.9 Å². The first-order valence-corrected chi connectivity index (χ1v) is 9.62. The Morgan fingerprint density at radius 2 is 1.88 bits per heavy atom. The summed E-state index contributed by atoms with van der Waals surface area (Å²) in [7, 11) is 0. The largest absolute Gasteiger partial charge is 0.480 e. The van der Waals surface area contributed by atoms with Crippen LogP contribution in [0, 0.1) is 0 Å². The molecule has 0 bridgehead atoms. The minimum atomic E-state index is -0.718. The van der Waals surface area contributed by atoms with E-state index in [1.807, 2.05) is 6.92 Å². The average Bonchev–Trinajstić information content (AvgIpc) is 2.58. The van der Waals surface area contributed by atoms with Crippen molar-refractivity contribution >= 4 is 5.97 Å². The van der Waals surface area contributed by atoms with E-state index in [4.69, 9.17) is 5.11 Å². The van der Waals surface area contributed by atoms with Crippen LogP contribution in [0.2, 0.25) is 0 Å². The van der Waals surface area contributed by atoms with Crippen molar-refractivity contribution in [2.45, 2.75) is 57.3 Å². The zero-order valence-corrected chi connectivity index (χ0v) is 15.2. The van der Waals surface area contributed by atoms with Gasteiger partial charge in [-0.1, -0.05) is 37.3 Å². The fraction of sp³-hybridized carbons (Fsp3) is 0.650. The van der Waals surface area contributed by atoms with Crippen LogP contribution in [-0.4, -0.2) is 65.2 Å². The number of benzene rings is 1. The summed E-state index contributed by atoms with van der Waals surface area (Å²) in [4.78, 5) is 15.5. The average molecular weight is 345 g/mol. The van der Waals surface area contributed by atoms with Crippen LogP contribution in [0.5, 0.6) is 0 Å². The van der Waals surface area contributed by atoms with E-state index in [0.717, 1.165) is 39.0 Å². The van der Waals surface area contributed by atoms with Gasteiger partial charge in [0.25, 0.3) is 0 Å². The highest BCUT2D eigenvalue weighted by Crippen LogP contribution is 2.27. The molecule has 0 aromatic heterocycles. The molecule has 2 N–H and O–H groups in total. The summed E-state index contributed by atoms with van der Waals surface area (Å²) in [5, 5.41) is 12.8. The van der Waals surface area contributed by atoms with Crippen LogP contribution in [0.15, 0.2) is 30.3 Å². The third-order valence-corrected chi connectivity index (χ3v) is 5.68. The van der Waals surface area contributed by atoms with Gasteiger partial charge in [0.1, 0.15) is 0 Å². The molecule has 138 valence electrons. The lowest BCUT2D eigenvalue weighted by atomic mass is 9.84. The number of carbonyl (C=O) groups is 1. The zero-order chi connectivity index (χ0) is 17.6. The molecular formula is C20H31N3O2. The Labute approximate surface area is 151 Å². The van der Waals surface area contributed by atoms with Crippen molar-refractivity contribution in [1.29, 1.82) is 0 Å². The van der Waals surface area contributed by atoms with Gasteiger partial charge < -0.3 is 10.4 Å². The van der Waals surface area contributed by atoms with Crippen molar-refractivity contribution in [3.05, 3.63) is 35.9 Å². The number of aliphatic carboxylic acids is 1. The first kappa shape index (κ1) is 18.4. The van der Waals surface area contributed by atoms with Crippen LogP contribution in [0.1, 0.15) is 38.2 Å². The molecule has 1 aromatic carbocycles. The molecule has 5 heteroatoms. The van der Waals surface area contributed by atoms with Crippen LogP contribution >= 0.6 is 0 Å². The molecule has 1 aromatic rings. The molecule has 1 saturated carbocycles. The predicted molar refractivity (Wildman–Crippen MR) is 99.6 cm³/mol. The standard InChI is InChI=1S/C20H31N3O2/c1-2-23(15-20(24)25)19-12-18(13-19)21-17-8-10-22(11-9-17)14-16-6-4-3-5-7-16/h3-7,17-19,21H,2,8-15H2,1H3,(H,24,25). The summed E-state index contributed by atoms with van der Waals surface area (Å²) in [6, 6.07) is 12.3. The number of likely N-dealkylation sites (tertiary alicyclic amines) is 1. The van der Waals surface area contributed by atoms with Crippen molar-refractivity contribution in [1.82, 2.24) is 15.1 Å². The Morgan fingerprint density at radius 3 is 2.48 bits per heavy atom. The second-order valence-corrected chi connectivity index (χ2v) is 7.48. The molecule has 2 fully saturated rings. The maximum atomic E-state index is 10.9. The third kappa shape index (κ3) is 5.27. The highest BCUT2D eigenvalue weighted by atomic mass is 16.4. The SMILES string of the molecule is CCN(CC(=O)O)C1CC(NC2CCN(Cc3ccccc3)CC2)C1. The Balaban J connectivity index is 1.34. The lowest BCUT2D eigenvalue weighted by molar-refractivity contribution is -0.139. The monoisotopic (exact) mass is 345 g/mol. The fourth-order valence-electron chi connectivity index (χ4n) is 4.13. The molecule has 0 spiro atoms. The second-order valence-electron chi connectivity index (χ2n) is 7.48. The molecule has 0 amide bonds. The lowest BCUT2D eigenvalue weighted by Gasteiger charge is -2.45. The van der Waals surface area contributed by atoms with E-state index in [0.29, 0.717) is 18.1 Å². The molecule has 1 aliphatic heterocycles. The van der Waals surface area contributed by atoms with E-state index in [-0.39, 0.29) is 6.54 Å². The first-order valence-electron chi connectivity index (χ1n) is 9.62. The van der Waals surface area contributed by atoms with Gasteiger partial charge >= 0.3 is 5.97 Å². The fourth-order valence-corrected chi connectivity index (χ4v) is 4.13. The van der Waals surface area contributed by atoms with E-state index in [9.17, 15) is 4.79 Å². The van der Waals surface area contributed by atoms with Gasteiger partial charge in [0.2, 0.25) is 0 Å². The summed E-state index contributed by atoms with van der Waals surface area (Å²) >= 11 is 0. The number of nitrogens with one attached hydrogen (secondary N) is 1. The number of piperidine rings is 1. The molecule has 1 heterocycles. The maximum absolute atomic E-state index is 10.9. The molecule has 2 aliphatic rings. The summed E-state index contributed by atoms with van der Waals surface area (Å²) in [6.45, 7) is 6.41. The summed E-state index contributed by atoms with van der Waals surface area (Å²) in [5.41, 5.74) is 1.40. The number of nitrogens with zero attached hydrogens (tertiary/aromatic N) is 2. The molecule has 0 atom stereocenters. The summed E-state index contributed by atoms with van der Waals surface area (Å²) < 4.78 is 0. The van der Waals surface area contributed by atoms with Crippen molar-refractivity contribution in [2.75, 3.05) is 26.2 Å². The molecule has 3 rings (SSSR count). The minimum Gasteiger partial charge on any atom is -0.480 e. The molecule has 0 radical (unpaired) electrons. The van der Waals surface area contributed by atoms with E-state index in [1.165, 1.54) is 18.4 Å². The van der Waals surface area contributed by atoms with Crippen LogP contribution in [-0.2, 0) is 11.3 Å². The molecule has 0 unspecified atom stereocenters. The summed E-state index contributed by atoms with van der Waals surface area (Å²) in [6.07, 6.45) is 4.60. The Kier molecular flexibility index (Phi) is 6.45. The first-order chi connectivity index (χ1) is 12.1. The van der Waals surface area contributed by atoms with Crippen LogP contribution in [0.4, 0.5) is 0 Å². The quantitative estimate of drug-likeness (QED) is 0.756. The van der Waals surface area contributed by atoms with E-state index >= 15 is 0 Å². The van der Waals surface area contributed by atoms with Gasteiger partial charge in [-0.2, -0.15) is 0 Å². The van der Waals surface area contributed by atoms with Crippen LogP contribution in [0.3, 0.4) is 0 Å². The van der Waals surface area contributed by atoms with Gasteiger partial charge in [-0.3, -0.25) is 14.6 Å². The van der Waals surface area contributed by atoms with Crippen molar-refractivity contribution in [3.63, 3.8) is 0 Å². The molecule has 25 heavy (non-hydrogen) atoms. The maximum Gasteiger partial charge on any atom is 0.317 e. The Morgan fingerprint density at radius 1 is 1.20 bits per heavy atom. The van der Waals surface area contributed by atoms with Gasteiger partial charge in [-0.15, -0.1) is 0 Å². The van der Waals surface area contributed by atoms with Crippen LogP contribution in [0.25, 0.3) is 0 Å². The molecule has 5 nitrogen and oxygen atoms in total. The number of likely N-dealkylation sites (N-methyl/N-ethyl adjacent to an activating group) is 1. The number of hydrogen-bond donors (Lipinski definition) is 2. The lowest BCUT2D eigenvalue weighted by Crippen LogP contribution is -2.56. The highest BCUT2D eigenvalue weighted by molar-refractivity contribution is 5.69. The van der Waals surface area contributed by atoms with E-state index < -0.39 is 5.97 Å². The predicted octanol–water partition coefficient (Wildman–Crippen LogP) is 2.18. The number of rotatable bonds is 8. The normalized spacial score (nSPS) is 25.0. The van der Waals surface area contributed by atoms with Gasteiger partial charge in [0, 0.05) is 24.7 Å². The van der Waals surface area contributed by atoms with Gasteiger partial charge in [0.15, 0.2) is 0 Å². The van der Waals surface area contributed by atoms with E-state index in [2.05, 4.69) is 45.4 Å². The molecular weight excluding hydrogens is 314 g/mol. The van der Waals surface area contributed by atoms with Crippen molar-refractivity contribution in [2.24, 2.45) is 0 Å². The third-order valence-electron chi connectivity index (χ3n) is 5.68. The molecule has 1 saturated heterocycles. The zero-order valence-electron chi connectivity index (χ0n) is 15.2. The Hall–Kier alpha value is -1.43. The highest BCUT2D eigenvalue weighted by Gasteiger charge is 2.35. The topological polar surface area (TPSA) is 55.8 Å². The van der Waals surface area contributed by atoms with E-state index in [1.54, 1.807) is 0 Å². The van der Waals surface area contributed by atoms with Gasteiger partial charge in [0.05, 0.1) is 6.54 Å². The number of carboxylic acids is 1. The minimum absolute atomic E-state index is 0.172. The smallest absolute Gasteiger partial charge is 0.317 e. The number of carboxylic acid groups (broad SMARTS) is 1. The van der Waals surface area contributed by atoms with Crippen molar-refractivity contribution < 1.29 is 9.90 Å².